The molecule has 1 atom stereocenters. The molecule has 0 saturated carbocycles. The highest BCUT2D eigenvalue weighted by Gasteiger charge is 2.24. The smallest absolute Gasteiger partial charge is 0.219 e. The molecule has 1 N–H and O–H groups in total. The number of pyridine rings is 1. The second kappa shape index (κ2) is 13.4. The Morgan fingerprint density at radius 1 is 1.26 bits per heavy atom. The Balaban J connectivity index is 0.00000341. The lowest BCUT2D eigenvalue weighted by Crippen LogP contribution is -2.39. The molecule has 0 amide bonds. The van der Waals surface area contributed by atoms with Gasteiger partial charge < -0.3 is 24.4 Å². The van der Waals surface area contributed by atoms with E-state index in [1.807, 2.05) is 12.1 Å². The molecule has 0 bridgehead atoms. The van der Waals surface area contributed by atoms with Crippen LogP contribution >= 0.6 is 24.0 Å². The maximum atomic E-state index is 13.0. The first kappa shape index (κ1) is 25.3. The predicted octanol–water partition coefficient (Wildman–Crippen LogP) is 3.69. The Morgan fingerprint density at radius 2 is 2.06 bits per heavy atom. The Morgan fingerprint density at radius 3 is 2.81 bits per heavy atom. The SMILES string of the molecule is CN=C(NCc1ccnc(Oc2ccc(F)cc2)c1)N1CCC(COCCOC)C1.I. The zero-order valence-electron chi connectivity index (χ0n) is 17.9. The Bertz CT molecular complexity index is 823. The van der Waals surface area contributed by atoms with E-state index in [1.54, 1.807) is 32.5 Å². The Hall–Kier alpha value is -1.98. The largest absolute Gasteiger partial charge is 0.439 e. The molecule has 1 aliphatic heterocycles. The number of guanidine groups is 1. The number of ether oxygens (including phenoxy) is 3. The molecular formula is C22H30FIN4O3. The van der Waals surface area contributed by atoms with Crippen molar-refractivity contribution in [1.82, 2.24) is 15.2 Å². The number of nitrogens with zero attached hydrogens (tertiary/aromatic N) is 3. The first-order valence-corrected chi connectivity index (χ1v) is 10.1. The molecule has 0 spiro atoms. The fraction of sp³-hybridized carbons (Fsp3) is 0.455. The Labute approximate surface area is 200 Å². The lowest BCUT2D eigenvalue weighted by Gasteiger charge is -2.22. The summed E-state index contributed by atoms with van der Waals surface area (Å²) in [5.41, 5.74) is 1.02. The maximum absolute atomic E-state index is 13.0. The molecule has 0 radical (unpaired) electrons. The summed E-state index contributed by atoms with van der Waals surface area (Å²) in [5.74, 6) is 2.07. The maximum Gasteiger partial charge on any atom is 0.219 e. The number of hydrogen-bond acceptors (Lipinski definition) is 5. The van der Waals surface area contributed by atoms with E-state index in [1.165, 1.54) is 12.1 Å². The van der Waals surface area contributed by atoms with Crippen LogP contribution in [-0.2, 0) is 16.0 Å². The van der Waals surface area contributed by atoms with Crippen LogP contribution in [0.15, 0.2) is 47.6 Å². The summed E-state index contributed by atoms with van der Waals surface area (Å²) in [5, 5.41) is 3.41. The predicted molar refractivity (Wildman–Crippen MR) is 129 cm³/mol. The molecule has 9 heteroatoms. The van der Waals surface area contributed by atoms with E-state index in [9.17, 15) is 4.39 Å². The molecule has 170 valence electrons. The van der Waals surface area contributed by atoms with Crippen molar-refractivity contribution in [3.05, 3.63) is 54.0 Å². The number of halogens is 2. The van der Waals surface area contributed by atoms with Crippen LogP contribution < -0.4 is 10.1 Å². The van der Waals surface area contributed by atoms with Crippen molar-refractivity contribution in [2.24, 2.45) is 10.9 Å². The molecule has 1 saturated heterocycles. The molecule has 1 unspecified atom stereocenters. The highest BCUT2D eigenvalue weighted by Crippen LogP contribution is 2.20. The van der Waals surface area contributed by atoms with Crippen LogP contribution in [0.25, 0.3) is 0 Å². The highest BCUT2D eigenvalue weighted by atomic mass is 127. The van der Waals surface area contributed by atoms with Gasteiger partial charge in [0.1, 0.15) is 11.6 Å². The van der Waals surface area contributed by atoms with Crippen LogP contribution in [0.2, 0.25) is 0 Å². The summed E-state index contributed by atoms with van der Waals surface area (Å²) in [6.45, 7) is 4.46. The van der Waals surface area contributed by atoms with Crippen LogP contribution in [-0.4, -0.2) is 62.9 Å². The molecule has 31 heavy (non-hydrogen) atoms. The van der Waals surface area contributed by atoms with E-state index in [2.05, 4.69) is 20.2 Å². The van der Waals surface area contributed by atoms with Gasteiger partial charge >= 0.3 is 0 Å². The third kappa shape index (κ3) is 8.23. The van der Waals surface area contributed by atoms with Crippen LogP contribution in [0.5, 0.6) is 11.6 Å². The van der Waals surface area contributed by atoms with E-state index >= 15 is 0 Å². The normalized spacial score (nSPS) is 16.2. The van der Waals surface area contributed by atoms with Crippen LogP contribution in [0.4, 0.5) is 4.39 Å². The number of nitrogens with one attached hydrogen (secondary N) is 1. The summed E-state index contributed by atoms with van der Waals surface area (Å²) in [7, 11) is 3.47. The van der Waals surface area contributed by atoms with Crippen LogP contribution in [0, 0.1) is 11.7 Å². The molecule has 0 aliphatic carbocycles. The minimum Gasteiger partial charge on any atom is -0.439 e. The van der Waals surface area contributed by atoms with Crippen molar-refractivity contribution in [3.63, 3.8) is 0 Å². The van der Waals surface area contributed by atoms with Crippen molar-refractivity contribution < 1.29 is 18.6 Å². The molecule has 2 heterocycles. The summed E-state index contributed by atoms with van der Waals surface area (Å²) in [6, 6.07) is 9.65. The van der Waals surface area contributed by atoms with Crippen LogP contribution in [0.3, 0.4) is 0 Å². The van der Waals surface area contributed by atoms with Gasteiger partial charge in [-0.05, 0) is 42.3 Å². The number of aromatic nitrogens is 1. The second-order valence-corrected chi connectivity index (χ2v) is 7.13. The van der Waals surface area contributed by atoms with Gasteiger partial charge in [-0.3, -0.25) is 4.99 Å². The van der Waals surface area contributed by atoms with E-state index in [0.29, 0.717) is 37.3 Å². The number of aliphatic imine (C=N–C) groups is 1. The lowest BCUT2D eigenvalue weighted by molar-refractivity contribution is 0.0536. The van der Waals surface area contributed by atoms with Crippen molar-refractivity contribution in [2.75, 3.05) is 47.1 Å². The topological polar surface area (TPSA) is 68.2 Å². The van der Waals surface area contributed by atoms with Crippen LogP contribution in [0.1, 0.15) is 12.0 Å². The fourth-order valence-electron chi connectivity index (χ4n) is 3.31. The minimum atomic E-state index is -0.301. The molecular weight excluding hydrogens is 514 g/mol. The fourth-order valence-corrected chi connectivity index (χ4v) is 3.31. The summed E-state index contributed by atoms with van der Waals surface area (Å²) in [4.78, 5) is 10.9. The molecule has 3 rings (SSSR count). The van der Waals surface area contributed by atoms with E-state index in [0.717, 1.165) is 37.6 Å². The van der Waals surface area contributed by atoms with Crippen molar-refractivity contribution in [2.45, 2.75) is 13.0 Å². The number of benzene rings is 1. The summed E-state index contributed by atoms with van der Waals surface area (Å²) < 4.78 is 29.4. The van der Waals surface area contributed by atoms with Gasteiger partial charge in [0.2, 0.25) is 5.88 Å². The monoisotopic (exact) mass is 544 g/mol. The van der Waals surface area contributed by atoms with Crippen molar-refractivity contribution in [3.8, 4) is 11.6 Å². The molecule has 2 aromatic rings. The highest BCUT2D eigenvalue weighted by molar-refractivity contribution is 14.0. The van der Waals surface area contributed by atoms with Gasteiger partial charge in [0.15, 0.2) is 5.96 Å². The van der Waals surface area contributed by atoms with Gasteiger partial charge in [0.25, 0.3) is 0 Å². The lowest BCUT2D eigenvalue weighted by atomic mass is 10.1. The third-order valence-corrected chi connectivity index (χ3v) is 4.87. The van der Waals surface area contributed by atoms with E-state index in [-0.39, 0.29) is 29.8 Å². The molecule has 1 fully saturated rings. The zero-order valence-corrected chi connectivity index (χ0v) is 20.3. The van der Waals surface area contributed by atoms with Gasteiger partial charge in [-0.15, -0.1) is 24.0 Å². The quantitative estimate of drug-likeness (QED) is 0.225. The first-order chi connectivity index (χ1) is 14.7. The van der Waals surface area contributed by atoms with E-state index < -0.39 is 0 Å². The van der Waals surface area contributed by atoms with Crippen molar-refractivity contribution >= 4 is 29.9 Å². The standard InChI is InChI=1S/C22H29FN4O3.HI/c1-24-22(27-10-8-18(15-27)16-29-12-11-28-2)26-14-17-7-9-25-21(13-17)30-20-5-3-19(23)4-6-20;/h3-7,9,13,18H,8,10-12,14-16H2,1-2H3,(H,24,26);1H. The van der Waals surface area contributed by atoms with Gasteiger partial charge in [-0.1, -0.05) is 0 Å². The van der Waals surface area contributed by atoms with Gasteiger partial charge in [-0.2, -0.15) is 0 Å². The van der Waals surface area contributed by atoms with Gasteiger partial charge in [0, 0.05) is 52.0 Å². The van der Waals surface area contributed by atoms with Gasteiger partial charge in [-0.25, -0.2) is 9.37 Å². The average molecular weight is 544 g/mol. The second-order valence-electron chi connectivity index (χ2n) is 7.13. The molecule has 1 aliphatic rings. The van der Waals surface area contributed by atoms with Crippen molar-refractivity contribution in [1.29, 1.82) is 0 Å². The number of rotatable bonds is 9. The Kier molecular flexibility index (Phi) is 11.0. The van der Waals surface area contributed by atoms with Gasteiger partial charge in [0.05, 0.1) is 19.8 Å². The number of methoxy groups -OCH3 is 1. The average Bonchev–Trinajstić information content (AvgIpc) is 3.22. The summed E-state index contributed by atoms with van der Waals surface area (Å²) in [6.07, 6.45) is 2.78. The molecule has 1 aromatic heterocycles. The molecule has 7 nitrogen and oxygen atoms in total. The van der Waals surface area contributed by atoms with E-state index in [4.69, 9.17) is 14.2 Å². The minimum absolute atomic E-state index is 0. The zero-order chi connectivity index (χ0) is 21.2. The summed E-state index contributed by atoms with van der Waals surface area (Å²) >= 11 is 0. The number of hydrogen-bond donors (Lipinski definition) is 1. The third-order valence-electron chi connectivity index (χ3n) is 4.87. The number of likely N-dealkylation sites (tertiary alicyclic amines) is 1. The molecule has 1 aromatic carbocycles. The first-order valence-electron chi connectivity index (χ1n) is 10.1.